The summed E-state index contributed by atoms with van der Waals surface area (Å²) < 4.78 is 0. The number of unbranched alkanes of at least 4 members (excludes halogenated alkanes) is 2. The van der Waals surface area contributed by atoms with Gasteiger partial charge in [0.2, 0.25) is 29.5 Å². The average Bonchev–Trinajstić information content (AvgIpc) is 3.40. The molecule has 4 unspecified atom stereocenters. The second-order valence-corrected chi connectivity index (χ2v) is 20.6. The Bertz CT molecular complexity index is 1990. The van der Waals surface area contributed by atoms with Gasteiger partial charge in [-0.2, -0.15) is 23.5 Å². The van der Waals surface area contributed by atoms with E-state index in [1.807, 2.05) is 51.0 Å². The summed E-state index contributed by atoms with van der Waals surface area (Å²) in [4.78, 5) is 113. The third-order valence-corrected chi connectivity index (χ3v) is 12.2. The molecule has 0 bridgehead atoms. The van der Waals surface area contributed by atoms with E-state index in [2.05, 4.69) is 83.4 Å². The molecule has 0 spiro atoms. The Kier molecular flexibility index (Phi) is 43.7. The number of nitrogens with one attached hydrogen (secondary N) is 8. The molecular weight excluding hydrogens is 1010 g/mol. The van der Waals surface area contributed by atoms with E-state index >= 15 is 0 Å². The van der Waals surface area contributed by atoms with Crippen LogP contribution in [0.2, 0.25) is 0 Å². The van der Waals surface area contributed by atoms with Crippen molar-refractivity contribution in [1.82, 2.24) is 42.5 Å². The molecule has 0 saturated heterocycles. The van der Waals surface area contributed by atoms with E-state index in [1.54, 1.807) is 38.1 Å². The van der Waals surface area contributed by atoms with Gasteiger partial charge in [-0.25, -0.2) is 4.79 Å². The summed E-state index contributed by atoms with van der Waals surface area (Å²) in [5.41, 5.74) is 2.30. The molecule has 9 N–H and O–H groups in total. The Morgan fingerprint density at radius 1 is 0.553 bits per heavy atom. The topological polar surface area (TPSA) is 270 Å². The SMILES string of the molecule is CCC.CCC.CCC(C)C(=O)CCCCC(=O)NCCCCC(NC(=O)CNC(=O)C(CCSC)NC(=O)c1ccc(CNC(=O)C(NC(=O)CNC(=O)c2ccc(CNC)cc2)C(C)C)cc1)C(=O)O.CCSC. The molecule has 0 aliphatic rings. The van der Waals surface area contributed by atoms with E-state index in [0.29, 0.717) is 68.5 Å². The number of carbonyl (C=O) groups excluding carboxylic acids is 8. The Balaban J connectivity index is 0. The minimum Gasteiger partial charge on any atom is -0.480 e. The van der Waals surface area contributed by atoms with E-state index in [9.17, 15) is 48.3 Å². The van der Waals surface area contributed by atoms with Crippen LogP contribution in [0.5, 0.6) is 0 Å². The third kappa shape index (κ3) is 35.0. The number of carboxylic acids is 1. The van der Waals surface area contributed by atoms with Crippen molar-refractivity contribution in [3.63, 3.8) is 0 Å². The molecule has 76 heavy (non-hydrogen) atoms. The molecule has 0 aliphatic heterocycles. The zero-order valence-corrected chi connectivity index (χ0v) is 49.3. The second-order valence-electron chi connectivity index (χ2n) is 18.4. The third-order valence-electron chi connectivity index (χ3n) is 11.0. The van der Waals surface area contributed by atoms with Crippen molar-refractivity contribution in [2.24, 2.45) is 11.8 Å². The van der Waals surface area contributed by atoms with E-state index in [-0.39, 0.29) is 55.0 Å². The molecular formula is C56H94N8O10S2. The molecule has 430 valence electrons. The van der Waals surface area contributed by atoms with Gasteiger partial charge in [0.25, 0.3) is 11.8 Å². The van der Waals surface area contributed by atoms with Crippen molar-refractivity contribution < 1.29 is 48.3 Å². The van der Waals surface area contributed by atoms with Gasteiger partial charge in [-0.15, -0.1) is 0 Å². The van der Waals surface area contributed by atoms with E-state index in [1.165, 1.54) is 42.5 Å². The van der Waals surface area contributed by atoms with E-state index < -0.39 is 66.1 Å². The van der Waals surface area contributed by atoms with Gasteiger partial charge < -0.3 is 47.6 Å². The van der Waals surface area contributed by atoms with Crippen LogP contribution in [0.25, 0.3) is 0 Å². The zero-order chi connectivity index (χ0) is 57.8. The zero-order valence-electron chi connectivity index (χ0n) is 47.7. The number of thioether (sulfide) groups is 2. The van der Waals surface area contributed by atoms with Crippen molar-refractivity contribution in [3.05, 3.63) is 70.8 Å². The van der Waals surface area contributed by atoms with Gasteiger partial charge >= 0.3 is 5.97 Å². The minimum absolute atomic E-state index is 0.0273. The quantitative estimate of drug-likeness (QED) is 0.0334. The van der Waals surface area contributed by atoms with Gasteiger partial charge in [0.15, 0.2) is 0 Å². The number of Topliss-reactive ketones (excluding diaryl/α,β-unsaturated/α-hetero) is 1. The number of carboxylic acid groups (broad SMARTS) is 1. The first-order chi connectivity index (χ1) is 36.2. The van der Waals surface area contributed by atoms with Crippen LogP contribution in [-0.4, -0.2) is 127 Å². The second kappa shape index (κ2) is 45.7. The van der Waals surface area contributed by atoms with Gasteiger partial charge in [0, 0.05) is 49.5 Å². The molecule has 2 aromatic carbocycles. The fourth-order valence-electron chi connectivity index (χ4n) is 6.46. The number of hydrogen-bond acceptors (Lipinski definition) is 12. The highest BCUT2D eigenvalue weighted by Crippen LogP contribution is 2.11. The molecule has 2 aromatic rings. The van der Waals surface area contributed by atoms with E-state index in [0.717, 1.165) is 12.0 Å². The average molecular weight is 1100 g/mol. The summed E-state index contributed by atoms with van der Waals surface area (Å²) in [6.07, 6.45) is 10.5. The first-order valence-electron chi connectivity index (χ1n) is 26.8. The molecule has 0 radical (unpaired) electrons. The Hall–Kier alpha value is -5.47. The predicted molar refractivity (Wildman–Crippen MR) is 309 cm³/mol. The van der Waals surface area contributed by atoms with Crippen LogP contribution in [-0.2, 0) is 46.7 Å². The summed E-state index contributed by atoms with van der Waals surface area (Å²) in [5, 5.41) is 31.1. The number of hydrogen-bond donors (Lipinski definition) is 9. The largest absolute Gasteiger partial charge is 0.480 e. The maximum Gasteiger partial charge on any atom is 0.326 e. The smallest absolute Gasteiger partial charge is 0.326 e. The van der Waals surface area contributed by atoms with Gasteiger partial charge in [-0.05, 0) is 117 Å². The van der Waals surface area contributed by atoms with Crippen LogP contribution in [0, 0.1) is 11.8 Å². The molecule has 0 heterocycles. The van der Waals surface area contributed by atoms with Gasteiger partial charge in [-0.3, -0.25) is 38.4 Å². The molecule has 0 saturated carbocycles. The van der Waals surface area contributed by atoms with Crippen LogP contribution in [0.1, 0.15) is 165 Å². The molecule has 4 atom stereocenters. The molecule has 18 nitrogen and oxygen atoms in total. The first kappa shape index (κ1) is 72.6. The summed E-state index contributed by atoms with van der Waals surface area (Å²) in [6, 6.07) is 10.2. The highest BCUT2D eigenvalue weighted by molar-refractivity contribution is 7.98. The van der Waals surface area contributed by atoms with Gasteiger partial charge in [-0.1, -0.05) is 99.4 Å². The highest BCUT2D eigenvalue weighted by atomic mass is 32.2. The highest BCUT2D eigenvalue weighted by Gasteiger charge is 2.26. The predicted octanol–water partition coefficient (Wildman–Crippen LogP) is 6.79. The molecule has 0 fully saturated rings. The monoisotopic (exact) mass is 1100 g/mol. The molecule has 0 aromatic heterocycles. The Morgan fingerprint density at radius 2 is 1.08 bits per heavy atom. The van der Waals surface area contributed by atoms with Crippen molar-refractivity contribution in [2.75, 3.05) is 50.7 Å². The lowest BCUT2D eigenvalue weighted by molar-refractivity contribution is -0.142. The summed E-state index contributed by atoms with van der Waals surface area (Å²) in [6.45, 7) is 18.3. The maximum atomic E-state index is 13.2. The summed E-state index contributed by atoms with van der Waals surface area (Å²) in [7, 11) is 1.82. The van der Waals surface area contributed by atoms with Crippen molar-refractivity contribution in [3.8, 4) is 0 Å². The van der Waals surface area contributed by atoms with Crippen LogP contribution in [0.15, 0.2) is 48.5 Å². The molecule has 2 rings (SSSR count). The van der Waals surface area contributed by atoms with Crippen LogP contribution in [0.3, 0.4) is 0 Å². The summed E-state index contributed by atoms with van der Waals surface area (Å²) >= 11 is 3.32. The number of ketones is 1. The van der Waals surface area contributed by atoms with Gasteiger partial charge in [0.05, 0.1) is 13.1 Å². The fourth-order valence-corrected chi connectivity index (χ4v) is 6.93. The molecule has 0 aliphatic carbocycles. The maximum absolute atomic E-state index is 13.2. The standard InChI is InChI=1S/C47H70N8O10S.C3H8S.2C3H8/c1-7-31(4)38(56)13-8-9-14-39(57)49-24-11-10-12-37(47(64)65)53-40(58)28-52-45(62)36(23-25-66-6)54-44(61)35-21-17-33(18-22-35)27-50-46(63)42(30(2)3)55-41(59)29-51-43(60)34-19-15-32(16-20-34)26-48-5;1-3-4-2;2*1-3-2/h15-22,30-31,36-37,42,48H,7-14,23-29H2,1-6H3,(H,49,57)(H,50,63)(H,51,60)(H,52,62)(H,53,58)(H,54,61)(H,55,59)(H,64,65);3H2,1-2H3;2*3H2,1-2H3. The Labute approximate surface area is 462 Å². The lowest BCUT2D eigenvalue weighted by Crippen LogP contribution is -2.51. The van der Waals surface area contributed by atoms with Crippen LogP contribution < -0.4 is 42.5 Å². The molecule has 20 heteroatoms. The number of rotatable bonds is 33. The number of carbonyl (C=O) groups is 9. The number of benzene rings is 2. The Morgan fingerprint density at radius 3 is 1.59 bits per heavy atom. The summed E-state index contributed by atoms with van der Waals surface area (Å²) in [5.74, 6) is -2.95. The van der Waals surface area contributed by atoms with Crippen molar-refractivity contribution >= 4 is 76.6 Å². The minimum atomic E-state index is -1.24. The first-order valence-corrected chi connectivity index (χ1v) is 29.6. The van der Waals surface area contributed by atoms with Crippen LogP contribution in [0.4, 0.5) is 0 Å². The van der Waals surface area contributed by atoms with E-state index in [4.69, 9.17) is 0 Å². The lowest BCUT2D eigenvalue weighted by Gasteiger charge is -2.22. The molecule has 7 amide bonds. The van der Waals surface area contributed by atoms with Crippen molar-refractivity contribution in [1.29, 1.82) is 0 Å². The van der Waals surface area contributed by atoms with Crippen LogP contribution >= 0.6 is 23.5 Å². The number of aliphatic carboxylic acids is 1. The lowest BCUT2D eigenvalue weighted by atomic mass is 9.99. The van der Waals surface area contributed by atoms with Gasteiger partial charge in [0.1, 0.15) is 23.9 Å². The normalized spacial score (nSPS) is 11.9. The number of amides is 7. The fraction of sp³-hybridized carbons (Fsp3) is 0.625. The van der Waals surface area contributed by atoms with Crippen molar-refractivity contribution in [2.45, 2.75) is 164 Å².